The minimum Gasteiger partial charge on any atom is -0.441 e. The van der Waals surface area contributed by atoms with Crippen LogP contribution in [-0.4, -0.2) is 4.98 Å². The summed E-state index contributed by atoms with van der Waals surface area (Å²) in [6.07, 6.45) is 0.453. The highest BCUT2D eigenvalue weighted by molar-refractivity contribution is 9.10. The lowest BCUT2D eigenvalue weighted by atomic mass is 10.1. The fraction of sp³-hybridized carbons (Fsp3) is 0.133. The number of alkyl halides is 1. The van der Waals surface area contributed by atoms with Crippen LogP contribution in [0.15, 0.2) is 51.4 Å². The van der Waals surface area contributed by atoms with Crippen LogP contribution in [0, 0.1) is 5.82 Å². The maximum atomic E-state index is 13.2. The Bertz CT molecular complexity index is 725. The molecule has 102 valence electrons. The standard InChI is InChI=1S/C15H10BrClFNO/c16-10-7-9(5-6-12(10)18)11(17)8-15-19-13-3-1-2-4-14(13)20-15/h1-7,11H,8H2. The van der Waals surface area contributed by atoms with Gasteiger partial charge < -0.3 is 4.42 Å². The lowest BCUT2D eigenvalue weighted by molar-refractivity contribution is 0.525. The van der Waals surface area contributed by atoms with E-state index >= 15 is 0 Å². The number of aromatic nitrogens is 1. The molecule has 1 aromatic heterocycles. The van der Waals surface area contributed by atoms with Gasteiger partial charge in [-0.3, -0.25) is 0 Å². The molecule has 0 amide bonds. The summed E-state index contributed by atoms with van der Waals surface area (Å²) in [7, 11) is 0. The van der Waals surface area contributed by atoms with E-state index in [4.69, 9.17) is 16.0 Å². The highest BCUT2D eigenvalue weighted by Gasteiger charge is 2.15. The summed E-state index contributed by atoms with van der Waals surface area (Å²) in [6.45, 7) is 0. The molecule has 0 N–H and O–H groups in total. The SMILES string of the molecule is Fc1ccc(C(Cl)Cc2nc3ccccc3o2)cc1Br. The molecule has 5 heteroatoms. The van der Waals surface area contributed by atoms with E-state index in [0.717, 1.165) is 16.7 Å². The lowest BCUT2D eigenvalue weighted by Gasteiger charge is -2.08. The second-order valence-corrected chi connectivity index (χ2v) is 5.80. The van der Waals surface area contributed by atoms with Gasteiger partial charge >= 0.3 is 0 Å². The third-order valence-corrected chi connectivity index (χ3v) is 4.01. The van der Waals surface area contributed by atoms with Crippen LogP contribution in [-0.2, 0) is 6.42 Å². The van der Waals surface area contributed by atoms with E-state index in [0.29, 0.717) is 16.8 Å². The molecule has 2 aromatic carbocycles. The summed E-state index contributed by atoms with van der Waals surface area (Å²) in [5.41, 5.74) is 2.38. The fourth-order valence-electron chi connectivity index (χ4n) is 1.99. The molecular formula is C15H10BrClFNO. The molecule has 1 atom stereocenters. The van der Waals surface area contributed by atoms with Gasteiger partial charge in [-0.05, 0) is 45.8 Å². The Labute approximate surface area is 128 Å². The zero-order valence-electron chi connectivity index (χ0n) is 10.3. The molecule has 3 rings (SSSR count). The monoisotopic (exact) mass is 353 g/mol. The van der Waals surface area contributed by atoms with Crippen molar-refractivity contribution in [3.8, 4) is 0 Å². The molecule has 0 bridgehead atoms. The molecule has 3 aromatic rings. The van der Waals surface area contributed by atoms with E-state index in [9.17, 15) is 4.39 Å². The minimum atomic E-state index is -0.319. The molecule has 0 radical (unpaired) electrons. The molecule has 0 saturated heterocycles. The Balaban J connectivity index is 1.84. The van der Waals surface area contributed by atoms with Crippen LogP contribution in [0.25, 0.3) is 11.1 Å². The molecule has 0 spiro atoms. The molecular weight excluding hydrogens is 345 g/mol. The largest absolute Gasteiger partial charge is 0.441 e. The van der Waals surface area contributed by atoms with Gasteiger partial charge in [-0.1, -0.05) is 18.2 Å². The van der Waals surface area contributed by atoms with Crippen LogP contribution in [0.3, 0.4) is 0 Å². The lowest BCUT2D eigenvalue weighted by Crippen LogP contribution is -1.97. The second kappa shape index (κ2) is 5.54. The predicted octanol–water partition coefficient (Wildman–Crippen LogP) is 5.25. The van der Waals surface area contributed by atoms with Gasteiger partial charge in [-0.25, -0.2) is 9.37 Å². The van der Waals surface area contributed by atoms with Crippen LogP contribution in [0.5, 0.6) is 0 Å². The van der Waals surface area contributed by atoms with E-state index in [1.54, 1.807) is 12.1 Å². The van der Waals surface area contributed by atoms with E-state index in [1.807, 2.05) is 24.3 Å². The Kier molecular flexibility index (Phi) is 3.76. The number of hydrogen-bond donors (Lipinski definition) is 0. The number of halogens is 3. The van der Waals surface area contributed by atoms with Gasteiger partial charge in [0.05, 0.1) is 9.85 Å². The first kappa shape index (κ1) is 13.6. The minimum absolute atomic E-state index is 0.306. The Morgan fingerprint density at radius 2 is 2.05 bits per heavy atom. The first-order chi connectivity index (χ1) is 9.63. The predicted molar refractivity (Wildman–Crippen MR) is 80.4 cm³/mol. The van der Waals surface area contributed by atoms with Gasteiger partial charge in [0.15, 0.2) is 11.5 Å². The van der Waals surface area contributed by atoms with Crippen molar-refractivity contribution in [2.24, 2.45) is 0 Å². The summed E-state index contributed by atoms with van der Waals surface area (Å²) >= 11 is 9.50. The molecule has 20 heavy (non-hydrogen) atoms. The number of benzene rings is 2. The summed E-state index contributed by atoms with van der Waals surface area (Å²) in [5.74, 6) is 0.270. The number of para-hydroxylation sites is 2. The molecule has 0 fully saturated rings. The van der Waals surface area contributed by atoms with E-state index in [2.05, 4.69) is 20.9 Å². The second-order valence-electron chi connectivity index (χ2n) is 4.42. The number of rotatable bonds is 3. The van der Waals surface area contributed by atoms with Crippen molar-refractivity contribution >= 4 is 38.6 Å². The first-order valence-electron chi connectivity index (χ1n) is 6.07. The van der Waals surface area contributed by atoms with Crippen LogP contribution < -0.4 is 0 Å². The van der Waals surface area contributed by atoms with Gasteiger partial charge in [0.2, 0.25) is 0 Å². The molecule has 1 heterocycles. The third kappa shape index (κ3) is 2.72. The zero-order chi connectivity index (χ0) is 14.1. The van der Waals surface area contributed by atoms with Crippen molar-refractivity contribution in [2.75, 3.05) is 0 Å². The highest BCUT2D eigenvalue weighted by atomic mass is 79.9. The number of fused-ring (bicyclic) bond motifs is 1. The maximum Gasteiger partial charge on any atom is 0.197 e. The maximum absolute atomic E-state index is 13.2. The highest BCUT2D eigenvalue weighted by Crippen LogP contribution is 2.29. The average Bonchev–Trinajstić information content (AvgIpc) is 2.83. The average molecular weight is 355 g/mol. The Morgan fingerprint density at radius 1 is 1.25 bits per heavy atom. The number of oxazole rings is 1. The van der Waals surface area contributed by atoms with Gasteiger partial charge in [0.25, 0.3) is 0 Å². The normalized spacial score (nSPS) is 12.8. The summed E-state index contributed by atoms with van der Waals surface area (Å²) < 4.78 is 19.2. The molecule has 0 aliphatic carbocycles. The number of nitrogens with zero attached hydrogens (tertiary/aromatic N) is 1. The smallest absolute Gasteiger partial charge is 0.197 e. The first-order valence-corrected chi connectivity index (χ1v) is 7.30. The number of hydrogen-bond acceptors (Lipinski definition) is 2. The topological polar surface area (TPSA) is 26.0 Å². The van der Waals surface area contributed by atoms with Crippen molar-refractivity contribution in [1.29, 1.82) is 0 Å². The van der Waals surface area contributed by atoms with Crippen LogP contribution >= 0.6 is 27.5 Å². The molecule has 0 aliphatic rings. The summed E-state index contributed by atoms with van der Waals surface area (Å²) in [6, 6.07) is 12.3. The summed E-state index contributed by atoms with van der Waals surface area (Å²) in [5, 5.41) is -0.319. The Hall–Kier alpha value is -1.39. The Morgan fingerprint density at radius 3 is 2.80 bits per heavy atom. The van der Waals surface area contributed by atoms with Crippen LogP contribution in [0.1, 0.15) is 16.8 Å². The van der Waals surface area contributed by atoms with Crippen molar-refractivity contribution < 1.29 is 8.81 Å². The van der Waals surface area contributed by atoms with E-state index in [-0.39, 0.29) is 11.2 Å². The van der Waals surface area contributed by atoms with E-state index in [1.165, 1.54) is 6.07 Å². The van der Waals surface area contributed by atoms with E-state index < -0.39 is 0 Å². The van der Waals surface area contributed by atoms with Crippen LogP contribution in [0.4, 0.5) is 4.39 Å². The molecule has 0 saturated carbocycles. The van der Waals surface area contributed by atoms with Gasteiger partial charge in [-0.15, -0.1) is 11.6 Å². The van der Waals surface area contributed by atoms with Crippen molar-refractivity contribution in [3.63, 3.8) is 0 Å². The van der Waals surface area contributed by atoms with Crippen molar-refractivity contribution in [1.82, 2.24) is 4.98 Å². The quantitative estimate of drug-likeness (QED) is 0.600. The van der Waals surface area contributed by atoms with Gasteiger partial charge in [0, 0.05) is 6.42 Å². The van der Waals surface area contributed by atoms with Gasteiger partial charge in [-0.2, -0.15) is 0 Å². The molecule has 1 unspecified atom stereocenters. The van der Waals surface area contributed by atoms with Crippen molar-refractivity contribution in [2.45, 2.75) is 11.8 Å². The van der Waals surface area contributed by atoms with Crippen molar-refractivity contribution in [3.05, 3.63) is 64.2 Å². The van der Waals surface area contributed by atoms with Crippen LogP contribution in [0.2, 0.25) is 0 Å². The summed E-state index contributed by atoms with van der Waals surface area (Å²) in [4.78, 5) is 4.38. The fourth-order valence-corrected chi connectivity index (χ4v) is 2.65. The third-order valence-electron chi connectivity index (χ3n) is 3.00. The molecule has 2 nitrogen and oxygen atoms in total. The van der Waals surface area contributed by atoms with Gasteiger partial charge in [0.1, 0.15) is 11.3 Å². The molecule has 0 aliphatic heterocycles. The zero-order valence-corrected chi connectivity index (χ0v) is 12.7.